The van der Waals surface area contributed by atoms with Gasteiger partial charge in [0.1, 0.15) is 0 Å². The fourth-order valence-electron chi connectivity index (χ4n) is 3.70. The molecule has 1 saturated carbocycles. The molecule has 1 aliphatic heterocycles. The van der Waals surface area contributed by atoms with Crippen molar-refractivity contribution in [3.05, 3.63) is 0 Å². The number of amides is 1. The average Bonchev–Trinajstić information content (AvgIpc) is 3.00. The topological polar surface area (TPSA) is 49.6 Å². The first-order valence-electron chi connectivity index (χ1n) is 8.46. The number of hydrogen-bond donors (Lipinski definition) is 1. The molecule has 2 aliphatic rings. The highest BCUT2D eigenvalue weighted by molar-refractivity contribution is 5.76. The van der Waals surface area contributed by atoms with Gasteiger partial charge in [0.2, 0.25) is 5.91 Å². The van der Waals surface area contributed by atoms with Crippen LogP contribution in [0.4, 0.5) is 0 Å². The Kier molecular flexibility index (Phi) is 6.30. The third-order valence-electron chi connectivity index (χ3n) is 5.17. The molecule has 20 heavy (non-hydrogen) atoms. The van der Waals surface area contributed by atoms with E-state index in [0.717, 1.165) is 57.9 Å². The Bertz CT molecular complexity index is 290. The van der Waals surface area contributed by atoms with E-state index in [1.807, 2.05) is 0 Å². The molecule has 0 aromatic carbocycles. The van der Waals surface area contributed by atoms with Crippen LogP contribution in [-0.4, -0.2) is 54.5 Å². The lowest BCUT2D eigenvalue weighted by Gasteiger charge is -2.38. The Labute approximate surface area is 123 Å². The van der Waals surface area contributed by atoms with Crippen molar-refractivity contribution in [3.8, 4) is 0 Å². The van der Waals surface area contributed by atoms with Crippen LogP contribution >= 0.6 is 0 Å². The summed E-state index contributed by atoms with van der Waals surface area (Å²) in [6, 6.07) is 0.491. The van der Waals surface area contributed by atoms with E-state index in [1.165, 1.54) is 25.7 Å². The number of nitrogens with zero attached hydrogens (tertiary/aromatic N) is 2. The Hall–Kier alpha value is -0.610. The molecule has 1 atom stereocenters. The molecular formula is C16H31N3O. The first kappa shape index (κ1) is 15.8. The van der Waals surface area contributed by atoms with Crippen molar-refractivity contribution in [1.82, 2.24) is 9.80 Å². The Balaban J connectivity index is 1.68. The lowest BCUT2D eigenvalue weighted by molar-refractivity contribution is -0.133. The summed E-state index contributed by atoms with van der Waals surface area (Å²) in [7, 11) is 0. The van der Waals surface area contributed by atoms with Crippen LogP contribution in [0.15, 0.2) is 0 Å². The summed E-state index contributed by atoms with van der Waals surface area (Å²) >= 11 is 0. The van der Waals surface area contributed by atoms with E-state index in [0.29, 0.717) is 11.9 Å². The molecule has 0 aromatic rings. The minimum Gasteiger partial charge on any atom is -0.340 e. The highest BCUT2D eigenvalue weighted by Gasteiger charge is 2.25. The third-order valence-corrected chi connectivity index (χ3v) is 5.17. The maximum atomic E-state index is 12.3. The summed E-state index contributed by atoms with van der Waals surface area (Å²) in [6.07, 6.45) is 8.40. The largest absolute Gasteiger partial charge is 0.340 e. The van der Waals surface area contributed by atoms with Crippen LogP contribution < -0.4 is 5.73 Å². The summed E-state index contributed by atoms with van der Waals surface area (Å²) < 4.78 is 0. The molecule has 0 bridgehead atoms. The van der Waals surface area contributed by atoms with Gasteiger partial charge in [0.25, 0.3) is 0 Å². The molecule has 1 unspecified atom stereocenters. The predicted molar refractivity (Wildman–Crippen MR) is 82.5 cm³/mol. The van der Waals surface area contributed by atoms with Crippen molar-refractivity contribution < 1.29 is 4.79 Å². The Morgan fingerprint density at radius 1 is 1.20 bits per heavy atom. The fraction of sp³-hybridized carbons (Fsp3) is 0.938. The summed E-state index contributed by atoms with van der Waals surface area (Å²) in [5.74, 6) is 1.19. The number of carbonyl (C=O) groups excluding carboxylic acids is 1. The van der Waals surface area contributed by atoms with Gasteiger partial charge >= 0.3 is 0 Å². The van der Waals surface area contributed by atoms with Crippen molar-refractivity contribution in [2.75, 3.05) is 32.7 Å². The van der Waals surface area contributed by atoms with Crippen LogP contribution in [0.1, 0.15) is 51.9 Å². The van der Waals surface area contributed by atoms with Crippen molar-refractivity contribution in [2.24, 2.45) is 11.7 Å². The van der Waals surface area contributed by atoms with E-state index in [-0.39, 0.29) is 0 Å². The van der Waals surface area contributed by atoms with Crippen LogP contribution in [-0.2, 0) is 4.79 Å². The first-order valence-corrected chi connectivity index (χ1v) is 8.46. The average molecular weight is 281 g/mol. The van der Waals surface area contributed by atoms with Crippen LogP contribution in [0.2, 0.25) is 0 Å². The smallest absolute Gasteiger partial charge is 0.222 e. The molecule has 0 aromatic heterocycles. The molecule has 1 aliphatic carbocycles. The second-order valence-electron chi connectivity index (χ2n) is 6.40. The number of carbonyl (C=O) groups is 1. The zero-order chi connectivity index (χ0) is 14.4. The van der Waals surface area contributed by atoms with E-state index in [2.05, 4.69) is 16.7 Å². The number of piperazine rings is 1. The van der Waals surface area contributed by atoms with Gasteiger partial charge in [-0.05, 0) is 18.8 Å². The SMILES string of the molecule is CCC(CN)N1CCN(C(=O)CCC2CCCC2)CC1. The quantitative estimate of drug-likeness (QED) is 0.808. The highest BCUT2D eigenvalue weighted by Crippen LogP contribution is 2.28. The zero-order valence-corrected chi connectivity index (χ0v) is 13.0. The van der Waals surface area contributed by atoms with Gasteiger partial charge in [0.05, 0.1) is 0 Å². The Morgan fingerprint density at radius 3 is 2.40 bits per heavy atom. The molecule has 4 heteroatoms. The van der Waals surface area contributed by atoms with Gasteiger partial charge in [-0.25, -0.2) is 0 Å². The van der Waals surface area contributed by atoms with E-state index in [1.54, 1.807) is 0 Å². The van der Waals surface area contributed by atoms with Gasteiger partial charge in [-0.15, -0.1) is 0 Å². The summed E-state index contributed by atoms with van der Waals surface area (Å²) in [5, 5.41) is 0. The fourth-order valence-corrected chi connectivity index (χ4v) is 3.70. The number of nitrogens with two attached hydrogens (primary N) is 1. The van der Waals surface area contributed by atoms with Crippen molar-refractivity contribution in [2.45, 2.75) is 57.9 Å². The summed E-state index contributed by atoms with van der Waals surface area (Å²) in [4.78, 5) is 16.8. The van der Waals surface area contributed by atoms with E-state index >= 15 is 0 Å². The normalized spacial score (nSPS) is 23.2. The standard InChI is InChI=1S/C16H31N3O/c1-2-15(13-17)18-9-11-19(12-10-18)16(20)8-7-14-5-3-4-6-14/h14-15H,2-13,17H2,1H3. The molecule has 0 radical (unpaired) electrons. The van der Waals surface area contributed by atoms with Gasteiger partial charge in [-0.2, -0.15) is 0 Å². The van der Waals surface area contributed by atoms with Crippen LogP contribution in [0.25, 0.3) is 0 Å². The molecule has 4 nitrogen and oxygen atoms in total. The van der Waals surface area contributed by atoms with Gasteiger partial charge < -0.3 is 10.6 Å². The van der Waals surface area contributed by atoms with Crippen molar-refractivity contribution >= 4 is 5.91 Å². The molecule has 2 N–H and O–H groups in total. The minimum absolute atomic E-state index is 0.373. The maximum absolute atomic E-state index is 12.3. The van der Waals surface area contributed by atoms with E-state index in [9.17, 15) is 4.79 Å². The lowest BCUT2D eigenvalue weighted by Crippen LogP contribution is -2.53. The second kappa shape index (κ2) is 7.99. The molecule has 0 spiro atoms. The molecule has 1 amide bonds. The van der Waals surface area contributed by atoms with E-state index < -0.39 is 0 Å². The third kappa shape index (κ3) is 4.19. The molecular weight excluding hydrogens is 250 g/mol. The van der Waals surface area contributed by atoms with E-state index in [4.69, 9.17) is 5.73 Å². The van der Waals surface area contributed by atoms with Gasteiger partial charge in [-0.1, -0.05) is 32.6 Å². The second-order valence-corrected chi connectivity index (χ2v) is 6.40. The molecule has 2 fully saturated rings. The minimum atomic E-state index is 0.373. The van der Waals surface area contributed by atoms with Crippen molar-refractivity contribution in [3.63, 3.8) is 0 Å². The van der Waals surface area contributed by atoms with Gasteiger partial charge in [0, 0.05) is 45.2 Å². The predicted octanol–water partition coefficient (Wildman–Crippen LogP) is 1.84. The number of rotatable bonds is 6. The molecule has 2 rings (SSSR count). The maximum Gasteiger partial charge on any atom is 0.222 e. The molecule has 1 saturated heterocycles. The Morgan fingerprint density at radius 2 is 1.85 bits per heavy atom. The van der Waals surface area contributed by atoms with Crippen LogP contribution in [0.5, 0.6) is 0 Å². The van der Waals surface area contributed by atoms with Crippen LogP contribution in [0, 0.1) is 5.92 Å². The highest BCUT2D eigenvalue weighted by atomic mass is 16.2. The van der Waals surface area contributed by atoms with Gasteiger partial charge in [0.15, 0.2) is 0 Å². The zero-order valence-electron chi connectivity index (χ0n) is 13.0. The van der Waals surface area contributed by atoms with Crippen molar-refractivity contribution in [1.29, 1.82) is 0 Å². The van der Waals surface area contributed by atoms with Crippen LogP contribution in [0.3, 0.4) is 0 Å². The first-order chi connectivity index (χ1) is 9.74. The summed E-state index contributed by atoms with van der Waals surface area (Å²) in [5.41, 5.74) is 5.80. The number of hydrogen-bond acceptors (Lipinski definition) is 3. The molecule has 116 valence electrons. The van der Waals surface area contributed by atoms with Gasteiger partial charge in [-0.3, -0.25) is 9.69 Å². The monoisotopic (exact) mass is 281 g/mol. The lowest BCUT2D eigenvalue weighted by atomic mass is 10.0. The summed E-state index contributed by atoms with van der Waals surface area (Å²) in [6.45, 7) is 6.68. The molecule has 1 heterocycles.